The lowest BCUT2D eigenvalue weighted by molar-refractivity contribution is 0.0666. The van der Waals surface area contributed by atoms with E-state index in [-0.39, 0.29) is 12.4 Å². The van der Waals surface area contributed by atoms with Gasteiger partial charge < -0.3 is 9.64 Å². The fourth-order valence-electron chi connectivity index (χ4n) is 4.62. The van der Waals surface area contributed by atoms with Crippen LogP contribution in [0.15, 0.2) is 48.5 Å². The summed E-state index contributed by atoms with van der Waals surface area (Å²) in [5.74, 6) is 2.04. The van der Waals surface area contributed by atoms with Gasteiger partial charge in [-0.3, -0.25) is 0 Å². The number of halogens is 3. The molecule has 0 aromatic heterocycles. The Morgan fingerprint density at radius 1 is 1.08 bits per heavy atom. The van der Waals surface area contributed by atoms with Gasteiger partial charge in [-0.1, -0.05) is 23.7 Å². The van der Waals surface area contributed by atoms with E-state index in [2.05, 4.69) is 70.9 Å². The Labute approximate surface area is 180 Å². The Morgan fingerprint density at radius 2 is 1.77 bits per heavy atom. The van der Waals surface area contributed by atoms with E-state index in [1.54, 1.807) is 0 Å². The van der Waals surface area contributed by atoms with Crippen LogP contribution >= 0.6 is 46.6 Å². The highest BCUT2D eigenvalue weighted by atomic mass is 127. The molecule has 0 aliphatic carbocycles. The molecule has 2 fully saturated rings. The third-order valence-corrected chi connectivity index (χ3v) is 6.96. The van der Waals surface area contributed by atoms with Gasteiger partial charge in [-0.15, -0.1) is 12.4 Å². The quantitative estimate of drug-likeness (QED) is 0.473. The SMILES string of the molecule is CN1C2CCC1C(COc1ccc(I)cc1)C(c1ccc(Cl)cc1)C2.Cl. The molecule has 2 aliphatic rings. The summed E-state index contributed by atoms with van der Waals surface area (Å²) in [5.41, 5.74) is 1.41. The van der Waals surface area contributed by atoms with Crippen molar-refractivity contribution < 1.29 is 4.74 Å². The molecule has 0 radical (unpaired) electrons. The number of piperidine rings is 1. The van der Waals surface area contributed by atoms with E-state index in [9.17, 15) is 0 Å². The first-order chi connectivity index (χ1) is 12.1. The molecule has 2 aromatic carbocycles. The van der Waals surface area contributed by atoms with Gasteiger partial charge in [-0.25, -0.2) is 0 Å². The summed E-state index contributed by atoms with van der Waals surface area (Å²) in [5, 5.41) is 0.811. The largest absolute Gasteiger partial charge is 0.493 e. The highest BCUT2D eigenvalue weighted by molar-refractivity contribution is 14.1. The zero-order chi connectivity index (χ0) is 17.4. The van der Waals surface area contributed by atoms with E-state index in [1.807, 2.05) is 12.1 Å². The van der Waals surface area contributed by atoms with Gasteiger partial charge in [0.05, 0.1) is 6.61 Å². The highest BCUT2D eigenvalue weighted by Gasteiger charge is 2.46. The van der Waals surface area contributed by atoms with Crippen LogP contribution in [0.3, 0.4) is 0 Å². The molecule has 0 spiro atoms. The first-order valence-corrected chi connectivity index (χ1v) is 10.4. The monoisotopic (exact) mass is 503 g/mol. The fraction of sp³-hybridized carbons (Fsp3) is 0.429. The van der Waals surface area contributed by atoms with E-state index in [4.69, 9.17) is 16.3 Å². The molecule has 140 valence electrons. The Kier molecular flexibility index (Phi) is 6.76. The van der Waals surface area contributed by atoms with E-state index in [0.717, 1.165) is 17.4 Å². The summed E-state index contributed by atoms with van der Waals surface area (Å²) in [6, 6.07) is 18.1. The Morgan fingerprint density at radius 3 is 2.46 bits per heavy atom. The number of benzene rings is 2. The van der Waals surface area contributed by atoms with Gasteiger partial charge in [0, 0.05) is 26.6 Å². The van der Waals surface area contributed by atoms with Crippen LogP contribution < -0.4 is 4.74 Å². The second kappa shape index (κ2) is 8.68. The van der Waals surface area contributed by atoms with Crippen molar-refractivity contribution in [2.75, 3.05) is 13.7 Å². The van der Waals surface area contributed by atoms with E-state index >= 15 is 0 Å². The molecular weight excluding hydrogens is 480 g/mol. The lowest BCUT2D eigenvalue weighted by Gasteiger charge is -2.43. The molecule has 2 aliphatic heterocycles. The fourth-order valence-corrected chi connectivity index (χ4v) is 5.11. The summed E-state index contributed by atoms with van der Waals surface area (Å²) in [6.45, 7) is 0.773. The molecule has 2 saturated heterocycles. The van der Waals surface area contributed by atoms with Gasteiger partial charge in [-0.2, -0.15) is 0 Å². The van der Waals surface area contributed by atoms with Crippen LogP contribution in [0.25, 0.3) is 0 Å². The van der Waals surface area contributed by atoms with Crippen molar-refractivity contribution in [1.82, 2.24) is 4.90 Å². The third-order valence-electron chi connectivity index (χ3n) is 5.99. The Hall–Kier alpha value is -0.490. The van der Waals surface area contributed by atoms with Gasteiger partial charge in [0.1, 0.15) is 5.75 Å². The molecular formula is C21H24Cl2INO. The Bertz CT molecular complexity index is 722. The van der Waals surface area contributed by atoms with Crippen molar-refractivity contribution in [3.8, 4) is 5.75 Å². The maximum Gasteiger partial charge on any atom is 0.119 e. The molecule has 0 N–H and O–H groups in total. The molecule has 26 heavy (non-hydrogen) atoms. The van der Waals surface area contributed by atoms with Crippen LogP contribution in [0.4, 0.5) is 0 Å². The van der Waals surface area contributed by atoms with Gasteiger partial charge >= 0.3 is 0 Å². The summed E-state index contributed by atoms with van der Waals surface area (Å²) in [4.78, 5) is 2.59. The second-order valence-electron chi connectivity index (χ2n) is 7.29. The number of hydrogen-bond acceptors (Lipinski definition) is 2. The number of nitrogens with zero attached hydrogens (tertiary/aromatic N) is 1. The third kappa shape index (κ3) is 4.16. The van der Waals surface area contributed by atoms with E-state index in [0.29, 0.717) is 23.9 Å². The van der Waals surface area contributed by atoms with Gasteiger partial charge in [-0.05, 0) is 96.8 Å². The summed E-state index contributed by atoms with van der Waals surface area (Å²) >= 11 is 8.43. The molecule has 0 amide bonds. The molecule has 0 saturated carbocycles. The topological polar surface area (TPSA) is 12.5 Å². The van der Waals surface area contributed by atoms with Crippen molar-refractivity contribution in [2.45, 2.75) is 37.3 Å². The van der Waals surface area contributed by atoms with Crippen LogP contribution in [0.2, 0.25) is 5.02 Å². The normalized spacial score (nSPS) is 27.8. The highest BCUT2D eigenvalue weighted by Crippen LogP contribution is 2.46. The lowest BCUT2D eigenvalue weighted by atomic mass is 9.76. The molecule has 2 aromatic rings. The van der Waals surface area contributed by atoms with Gasteiger partial charge in [0.15, 0.2) is 0 Å². The summed E-state index contributed by atoms with van der Waals surface area (Å²) in [7, 11) is 2.29. The zero-order valence-corrected chi connectivity index (χ0v) is 18.5. The first-order valence-electron chi connectivity index (χ1n) is 8.97. The lowest BCUT2D eigenvalue weighted by Crippen LogP contribution is -2.47. The van der Waals surface area contributed by atoms with Gasteiger partial charge in [0.25, 0.3) is 0 Å². The number of fused-ring (bicyclic) bond motifs is 2. The number of ether oxygens (including phenoxy) is 1. The van der Waals surface area contributed by atoms with E-state index in [1.165, 1.54) is 28.4 Å². The van der Waals surface area contributed by atoms with Crippen molar-refractivity contribution in [2.24, 2.45) is 5.92 Å². The maximum atomic E-state index is 6.22. The number of rotatable bonds is 4. The molecule has 2 nitrogen and oxygen atoms in total. The van der Waals surface area contributed by atoms with Crippen molar-refractivity contribution in [1.29, 1.82) is 0 Å². The number of hydrogen-bond donors (Lipinski definition) is 0. The summed E-state index contributed by atoms with van der Waals surface area (Å²) < 4.78 is 7.45. The first kappa shape index (κ1) is 20.2. The second-order valence-corrected chi connectivity index (χ2v) is 8.97. The van der Waals surface area contributed by atoms with Crippen molar-refractivity contribution in [3.63, 3.8) is 0 Å². The average molecular weight is 504 g/mol. The van der Waals surface area contributed by atoms with Crippen molar-refractivity contribution in [3.05, 3.63) is 62.7 Å². The van der Waals surface area contributed by atoms with Crippen LogP contribution in [0, 0.1) is 9.49 Å². The molecule has 5 heteroatoms. The van der Waals surface area contributed by atoms with Crippen LogP contribution in [0.5, 0.6) is 5.75 Å². The van der Waals surface area contributed by atoms with Crippen LogP contribution in [-0.4, -0.2) is 30.6 Å². The maximum absolute atomic E-state index is 6.22. The van der Waals surface area contributed by atoms with Crippen LogP contribution in [-0.2, 0) is 0 Å². The minimum atomic E-state index is 0. The molecule has 2 heterocycles. The smallest absolute Gasteiger partial charge is 0.119 e. The molecule has 4 rings (SSSR count). The average Bonchev–Trinajstić information content (AvgIpc) is 2.86. The predicted molar refractivity (Wildman–Crippen MR) is 119 cm³/mol. The van der Waals surface area contributed by atoms with E-state index < -0.39 is 0 Å². The van der Waals surface area contributed by atoms with Crippen molar-refractivity contribution >= 4 is 46.6 Å². The zero-order valence-electron chi connectivity index (χ0n) is 14.8. The Balaban J connectivity index is 0.00000196. The summed E-state index contributed by atoms with van der Waals surface area (Å²) in [6.07, 6.45) is 3.81. The van der Waals surface area contributed by atoms with Gasteiger partial charge in [0.2, 0.25) is 0 Å². The predicted octanol–water partition coefficient (Wildman–Crippen LogP) is 6.01. The molecule has 4 unspecified atom stereocenters. The minimum absolute atomic E-state index is 0. The molecule has 2 bridgehead atoms. The van der Waals surface area contributed by atoms with Crippen LogP contribution in [0.1, 0.15) is 30.7 Å². The standard InChI is InChI=1S/C21H23ClINO.ClH/c1-24-17-8-11-21(24)20(13-25-18-9-6-16(23)7-10-18)19(12-17)14-2-4-15(22)5-3-14;/h2-7,9-10,17,19-21H,8,11-13H2,1H3;1H. The molecule has 4 atom stereocenters. The minimum Gasteiger partial charge on any atom is -0.493 e.